The van der Waals surface area contributed by atoms with E-state index >= 15 is 0 Å². The Bertz CT molecular complexity index is 212. The van der Waals surface area contributed by atoms with Gasteiger partial charge in [-0.1, -0.05) is 22.0 Å². The molecule has 2 heteroatoms. The molecule has 54 valence electrons. The Morgan fingerprint density at radius 1 is 1.40 bits per heavy atom. The van der Waals surface area contributed by atoms with Crippen LogP contribution in [0.3, 0.4) is 0 Å². The van der Waals surface area contributed by atoms with Crippen molar-refractivity contribution in [1.29, 1.82) is 0 Å². The van der Waals surface area contributed by atoms with E-state index in [2.05, 4.69) is 35.0 Å². The molecule has 0 amide bonds. The number of benzene rings is 1. The molecule has 10 heavy (non-hydrogen) atoms. The Balaban J connectivity index is 3.06. The first-order valence-electron chi connectivity index (χ1n) is 3.18. The summed E-state index contributed by atoms with van der Waals surface area (Å²) in [6.45, 7) is 2.67. The molecule has 0 fully saturated rings. The van der Waals surface area contributed by atoms with Crippen LogP contribution in [0.25, 0.3) is 0 Å². The van der Waals surface area contributed by atoms with E-state index in [1.54, 1.807) is 0 Å². The van der Waals surface area contributed by atoms with Crippen LogP contribution in [0.4, 0.5) is 0 Å². The van der Waals surface area contributed by atoms with Gasteiger partial charge in [-0.25, -0.2) is 0 Å². The fourth-order valence-corrected chi connectivity index (χ4v) is 1.59. The van der Waals surface area contributed by atoms with E-state index in [0.717, 1.165) is 4.47 Å². The second kappa shape index (κ2) is 3.17. The van der Waals surface area contributed by atoms with Crippen LogP contribution < -0.4 is 5.73 Å². The summed E-state index contributed by atoms with van der Waals surface area (Å²) in [6, 6.07) is 6.19. The van der Waals surface area contributed by atoms with Gasteiger partial charge in [-0.3, -0.25) is 0 Å². The van der Waals surface area contributed by atoms with Crippen molar-refractivity contribution in [2.75, 3.05) is 0 Å². The molecule has 0 saturated heterocycles. The van der Waals surface area contributed by atoms with Crippen molar-refractivity contribution >= 4 is 15.9 Å². The Hall–Kier alpha value is -0.340. The molecule has 1 rings (SSSR count). The van der Waals surface area contributed by atoms with Gasteiger partial charge in [0.05, 0.1) is 0 Å². The van der Waals surface area contributed by atoms with E-state index in [9.17, 15) is 0 Å². The second-order valence-electron chi connectivity index (χ2n) is 2.34. The van der Waals surface area contributed by atoms with Crippen LogP contribution in [0.1, 0.15) is 11.1 Å². The maximum atomic E-state index is 5.47. The zero-order valence-electron chi connectivity index (χ0n) is 5.89. The highest BCUT2D eigenvalue weighted by molar-refractivity contribution is 9.10. The highest BCUT2D eigenvalue weighted by Crippen LogP contribution is 2.14. The van der Waals surface area contributed by atoms with Crippen LogP contribution in [-0.4, -0.2) is 0 Å². The van der Waals surface area contributed by atoms with E-state index < -0.39 is 0 Å². The van der Waals surface area contributed by atoms with Crippen molar-refractivity contribution in [3.8, 4) is 0 Å². The smallest absolute Gasteiger partial charge is 0.0181 e. The predicted molar refractivity (Wildman–Crippen MR) is 46.8 cm³/mol. The van der Waals surface area contributed by atoms with Gasteiger partial charge in [0.2, 0.25) is 0 Å². The molecule has 1 nitrogen and oxygen atoms in total. The Morgan fingerprint density at radius 2 is 2.10 bits per heavy atom. The first-order chi connectivity index (χ1) is 4.72. The molecule has 1 aromatic carbocycles. The summed E-state index contributed by atoms with van der Waals surface area (Å²) in [5.41, 5.74) is 7.88. The zero-order chi connectivity index (χ0) is 7.56. The molecule has 0 aliphatic carbocycles. The average Bonchev–Trinajstić information content (AvgIpc) is 1.85. The van der Waals surface area contributed by atoms with Gasteiger partial charge in [0.1, 0.15) is 0 Å². The molecule has 0 bridgehead atoms. The van der Waals surface area contributed by atoms with Crippen molar-refractivity contribution in [2.24, 2.45) is 5.73 Å². The molecule has 0 aliphatic heterocycles. The maximum absolute atomic E-state index is 5.47. The van der Waals surface area contributed by atoms with Gasteiger partial charge in [0, 0.05) is 11.0 Å². The summed E-state index contributed by atoms with van der Waals surface area (Å²) in [6.07, 6.45) is 0. The molecule has 0 atom stereocenters. The minimum Gasteiger partial charge on any atom is -0.326 e. The molecule has 1 aromatic rings. The summed E-state index contributed by atoms with van der Waals surface area (Å²) < 4.78 is 1.10. The van der Waals surface area contributed by atoms with Crippen molar-refractivity contribution < 1.29 is 0 Å². The molecule has 0 unspecified atom stereocenters. The van der Waals surface area contributed by atoms with Crippen molar-refractivity contribution in [3.05, 3.63) is 33.8 Å². The number of nitrogens with two attached hydrogens (primary N) is 1. The molecule has 0 saturated carbocycles. The van der Waals surface area contributed by atoms with Gasteiger partial charge in [-0.2, -0.15) is 0 Å². The fourth-order valence-electron chi connectivity index (χ4n) is 0.930. The first kappa shape index (κ1) is 7.76. The second-order valence-corrected chi connectivity index (χ2v) is 3.26. The Morgan fingerprint density at radius 3 is 2.60 bits per heavy atom. The molecule has 0 heterocycles. The zero-order valence-corrected chi connectivity index (χ0v) is 7.48. The number of rotatable bonds is 1. The minimum absolute atomic E-state index is 0.611. The van der Waals surface area contributed by atoms with Gasteiger partial charge in [0.15, 0.2) is 0 Å². The van der Waals surface area contributed by atoms with Crippen LogP contribution in [-0.2, 0) is 6.54 Å². The fraction of sp³-hybridized carbons (Fsp3) is 0.250. The van der Waals surface area contributed by atoms with Crippen LogP contribution in [0, 0.1) is 6.92 Å². The van der Waals surface area contributed by atoms with Crippen molar-refractivity contribution in [1.82, 2.24) is 0 Å². The summed E-state index contributed by atoms with van der Waals surface area (Å²) in [4.78, 5) is 0. The number of halogens is 1. The van der Waals surface area contributed by atoms with E-state index in [4.69, 9.17) is 5.73 Å². The molecule has 0 radical (unpaired) electrons. The van der Waals surface area contributed by atoms with Gasteiger partial charge >= 0.3 is 0 Å². The highest BCUT2D eigenvalue weighted by atomic mass is 79.9. The van der Waals surface area contributed by atoms with Crippen LogP contribution in [0.15, 0.2) is 22.7 Å². The summed E-state index contributed by atoms with van der Waals surface area (Å²) in [5, 5.41) is 0. The Kier molecular flexibility index (Phi) is 2.46. The van der Waals surface area contributed by atoms with Gasteiger partial charge in [-0.15, -0.1) is 0 Å². The monoisotopic (exact) mass is 199 g/mol. The van der Waals surface area contributed by atoms with Gasteiger partial charge in [0.25, 0.3) is 0 Å². The first-order valence-corrected chi connectivity index (χ1v) is 3.98. The third-order valence-electron chi connectivity index (χ3n) is 1.34. The van der Waals surface area contributed by atoms with Crippen molar-refractivity contribution in [2.45, 2.75) is 13.5 Å². The largest absolute Gasteiger partial charge is 0.326 e. The maximum Gasteiger partial charge on any atom is 0.0181 e. The molecule has 2 N–H and O–H groups in total. The normalized spacial score (nSPS) is 9.90. The summed E-state index contributed by atoms with van der Waals surface area (Å²) in [5.74, 6) is 0. The predicted octanol–water partition coefficient (Wildman–Crippen LogP) is 2.22. The lowest BCUT2D eigenvalue weighted by atomic mass is 10.1. The number of hydrogen-bond donors (Lipinski definition) is 1. The third-order valence-corrected chi connectivity index (χ3v) is 1.80. The van der Waals surface area contributed by atoms with Gasteiger partial charge in [-0.05, 0) is 30.2 Å². The average molecular weight is 200 g/mol. The highest BCUT2D eigenvalue weighted by Gasteiger charge is 1.92. The summed E-state index contributed by atoms with van der Waals surface area (Å²) in [7, 11) is 0. The molecular weight excluding hydrogens is 190 g/mol. The summed E-state index contributed by atoms with van der Waals surface area (Å²) >= 11 is 3.40. The topological polar surface area (TPSA) is 26.0 Å². The lowest BCUT2D eigenvalue weighted by Crippen LogP contribution is -1.96. The molecule has 0 aliphatic rings. The molecular formula is C8H10BrN. The van der Waals surface area contributed by atoms with E-state index in [1.807, 2.05) is 6.07 Å². The number of hydrogen-bond acceptors (Lipinski definition) is 1. The van der Waals surface area contributed by atoms with Crippen LogP contribution in [0.5, 0.6) is 0 Å². The molecule has 0 aromatic heterocycles. The molecule has 0 spiro atoms. The Labute approximate surface area is 69.4 Å². The van der Waals surface area contributed by atoms with Crippen LogP contribution in [0.2, 0.25) is 0 Å². The number of aryl methyl sites for hydroxylation is 1. The minimum atomic E-state index is 0.611. The van der Waals surface area contributed by atoms with Crippen LogP contribution >= 0.6 is 15.9 Å². The lowest BCUT2D eigenvalue weighted by molar-refractivity contribution is 1.06. The van der Waals surface area contributed by atoms with Gasteiger partial charge < -0.3 is 5.73 Å². The standard InChI is InChI=1S/C8H10BrN/c1-6-2-7(5-10)4-8(9)3-6/h2-4H,5,10H2,1H3. The quantitative estimate of drug-likeness (QED) is 0.738. The SMILES string of the molecule is Cc1cc(Br)cc(CN)c1. The third kappa shape index (κ3) is 1.82. The lowest BCUT2D eigenvalue weighted by Gasteiger charge is -1.99. The van der Waals surface area contributed by atoms with E-state index in [1.165, 1.54) is 11.1 Å². The van der Waals surface area contributed by atoms with Crippen molar-refractivity contribution in [3.63, 3.8) is 0 Å². The van der Waals surface area contributed by atoms with E-state index in [0.29, 0.717) is 6.54 Å². The van der Waals surface area contributed by atoms with E-state index in [-0.39, 0.29) is 0 Å².